The van der Waals surface area contributed by atoms with Crippen molar-refractivity contribution >= 4 is 0 Å². The van der Waals surface area contributed by atoms with Gasteiger partial charge in [0.1, 0.15) is 11.9 Å². The minimum absolute atomic E-state index is 0.0467. The molecule has 0 radical (unpaired) electrons. The highest BCUT2D eigenvalue weighted by Gasteiger charge is 2.48. The molecule has 2 fully saturated rings. The number of nitrogens with zero attached hydrogens (tertiary/aromatic N) is 3. The molecule has 2 saturated heterocycles. The molecule has 2 aromatic heterocycles. The molecule has 1 atom stereocenters. The highest BCUT2D eigenvalue weighted by molar-refractivity contribution is 5.17. The molecule has 2 aromatic rings. The Morgan fingerprint density at radius 1 is 1.29 bits per heavy atom. The largest absolute Gasteiger partial charge is 0.489 e. The van der Waals surface area contributed by atoms with Gasteiger partial charge >= 0.3 is 0 Å². The zero-order chi connectivity index (χ0) is 16.4. The monoisotopic (exact) mass is 325 g/mol. The van der Waals surface area contributed by atoms with Crippen LogP contribution in [0.1, 0.15) is 24.2 Å². The maximum absolute atomic E-state index is 6.10. The molecule has 0 bridgehead atoms. The van der Waals surface area contributed by atoms with Crippen molar-refractivity contribution in [1.29, 1.82) is 0 Å². The van der Waals surface area contributed by atoms with Crippen LogP contribution in [0, 0.1) is 6.92 Å². The molecule has 0 aliphatic carbocycles. The molecule has 0 amide bonds. The molecule has 4 heterocycles. The lowest BCUT2D eigenvalue weighted by Gasteiger charge is -2.53. The zero-order valence-corrected chi connectivity index (χ0v) is 14.0. The first kappa shape index (κ1) is 15.5. The van der Waals surface area contributed by atoms with E-state index in [0.717, 1.165) is 56.2 Å². The summed E-state index contributed by atoms with van der Waals surface area (Å²) in [5, 5.41) is 0. The molecule has 2 aliphatic heterocycles. The van der Waals surface area contributed by atoms with Crippen molar-refractivity contribution < 1.29 is 9.47 Å². The first-order valence-electron chi connectivity index (χ1n) is 8.56. The van der Waals surface area contributed by atoms with Crippen LogP contribution in [0.25, 0.3) is 0 Å². The SMILES string of the molecule is Cc1cccc(CN2CC3(C[C@@H](Oc4cccnc4)CCO3)C2)n1. The average Bonchev–Trinajstić information content (AvgIpc) is 2.55. The van der Waals surface area contributed by atoms with Crippen molar-refractivity contribution in [2.24, 2.45) is 0 Å². The second-order valence-electron chi connectivity index (χ2n) is 6.87. The van der Waals surface area contributed by atoms with Gasteiger partial charge < -0.3 is 9.47 Å². The van der Waals surface area contributed by atoms with Crippen LogP contribution in [0.2, 0.25) is 0 Å². The van der Waals surface area contributed by atoms with Gasteiger partial charge in [-0.1, -0.05) is 6.07 Å². The van der Waals surface area contributed by atoms with Gasteiger partial charge in [-0.05, 0) is 31.2 Å². The molecule has 5 heteroatoms. The van der Waals surface area contributed by atoms with E-state index in [4.69, 9.17) is 9.47 Å². The molecule has 5 nitrogen and oxygen atoms in total. The Morgan fingerprint density at radius 3 is 3.00 bits per heavy atom. The summed E-state index contributed by atoms with van der Waals surface area (Å²) in [6.07, 6.45) is 5.64. The first-order valence-corrected chi connectivity index (χ1v) is 8.56. The van der Waals surface area contributed by atoms with Gasteiger partial charge in [0.15, 0.2) is 0 Å². The van der Waals surface area contributed by atoms with E-state index in [1.54, 1.807) is 12.4 Å². The van der Waals surface area contributed by atoms with Gasteiger partial charge in [-0.3, -0.25) is 14.9 Å². The lowest BCUT2D eigenvalue weighted by molar-refractivity contribution is -0.188. The minimum Gasteiger partial charge on any atom is -0.489 e. The lowest BCUT2D eigenvalue weighted by atomic mass is 9.84. The third kappa shape index (κ3) is 3.42. The van der Waals surface area contributed by atoms with Crippen molar-refractivity contribution in [3.63, 3.8) is 0 Å². The molecule has 0 N–H and O–H groups in total. The van der Waals surface area contributed by atoms with Crippen LogP contribution in [0.4, 0.5) is 0 Å². The molecular weight excluding hydrogens is 302 g/mol. The smallest absolute Gasteiger partial charge is 0.138 e. The fourth-order valence-corrected chi connectivity index (χ4v) is 3.71. The summed E-state index contributed by atoms with van der Waals surface area (Å²) in [5.41, 5.74) is 2.15. The number of ether oxygens (including phenoxy) is 2. The van der Waals surface area contributed by atoms with E-state index >= 15 is 0 Å². The van der Waals surface area contributed by atoms with E-state index in [1.165, 1.54) is 0 Å². The van der Waals surface area contributed by atoms with E-state index in [2.05, 4.69) is 27.0 Å². The van der Waals surface area contributed by atoms with E-state index in [-0.39, 0.29) is 11.7 Å². The van der Waals surface area contributed by atoms with Crippen molar-refractivity contribution in [2.45, 2.75) is 38.0 Å². The number of aryl methyl sites for hydroxylation is 1. The lowest BCUT2D eigenvalue weighted by Crippen LogP contribution is -2.65. The number of hydrogen-bond donors (Lipinski definition) is 0. The van der Waals surface area contributed by atoms with Gasteiger partial charge in [-0.25, -0.2) is 0 Å². The van der Waals surface area contributed by atoms with Crippen LogP contribution in [0.3, 0.4) is 0 Å². The van der Waals surface area contributed by atoms with Gasteiger partial charge in [0, 0.05) is 44.4 Å². The van der Waals surface area contributed by atoms with Crippen LogP contribution >= 0.6 is 0 Å². The molecule has 4 rings (SSSR count). The standard InChI is InChI=1S/C19H23N3O2/c1-15-4-2-5-16(21-15)12-22-13-19(14-22)10-17(7-9-23-19)24-18-6-3-8-20-11-18/h2-6,8,11,17H,7,9-10,12-14H2,1H3/t17-/m0/s1. The Balaban J connectivity index is 1.32. The molecule has 0 aromatic carbocycles. The Labute approximate surface area is 142 Å². The van der Waals surface area contributed by atoms with Gasteiger partial charge in [-0.2, -0.15) is 0 Å². The summed E-state index contributed by atoms with van der Waals surface area (Å²) < 4.78 is 12.2. The minimum atomic E-state index is -0.0467. The Kier molecular flexibility index (Phi) is 4.21. The van der Waals surface area contributed by atoms with Crippen LogP contribution in [-0.2, 0) is 11.3 Å². The summed E-state index contributed by atoms with van der Waals surface area (Å²) in [6, 6.07) is 10.1. The highest BCUT2D eigenvalue weighted by Crippen LogP contribution is 2.36. The van der Waals surface area contributed by atoms with Crippen LogP contribution in [-0.4, -0.2) is 46.3 Å². The predicted octanol–water partition coefficient (Wildman–Crippen LogP) is 2.60. The van der Waals surface area contributed by atoms with Crippen LogP contribution in [0.15, 0.2) is 42.7 Å². The maximum atomic E-state index is 6.10. The number of rotatable bonds is 4. The van der Waals surface area contributed by atoms with E-state index < -0.39 is 0 Å². The van der Waals surface area contributed by atoms with Crippen molar-refractivity contribution in [3.8, 4) is 5.75 Å². The summed E-state index contributed by atoms with van der Waals surface area (Å²) in [5.74, 6) is 0.847. The first-order chi connectivity index (χ1) is 11.7. The average molecular weight is 325 g/mol. The molecule has 1 spiro atoms. The second-order valence-corrected chi connectivity index (χ2v) is 6.87. The van der Waals surface area contributed by atoms with Gasteiger partial charge in [-0.15, -0.1) is 0 Å². The predicted molar refractivity (Wildman–Crippen MR) is 90.8 cm³/mol. The Hall–Kier alpha value is -1.98. The molecular formula is C19H23N3O2. The maximum Gasteiger partial charge on any atom is 0.138 e. The van der Waals surface area contributed by atoms with Crippen LogP contribution < -0.4 is 4.74 Å². The van der Waals surface area contributed by atoms with Gasteiger partial charge in [0.2, 0.25) is 0 Å². The number of hydrogen-bond acceptors (Lipinski definition) is 5. The quantitative estimate of drug-likeness (QED) is 0.865. The Morgan fingerprint density at radius 2 is 2.21 bits per heavy atom. The number of likely N-dealkylation sites (tertiary alicyclic amines) is 1. The van der Waals surface area contributed by atoms with E-state index in [9.17, 15) is 0 Å². The number of aromatic nitrogens is 2. The summed E-state index contributed by atoms with van der Waals surface area (Å²) in [6.45, 7) is 5.60. The summed E-state index contributed by atoms with van der Waals surface area (Å²) >= 11 is 0. The molecule has 0 saturated carbocycles. The van der Waals surface area contributed by atoms with E-state index in [0.29, 0.717) is 0 Å². The van der Waals surface area contributed by atoms with Crippen LogP contribution in [0.5, 0.6) is 5.75 Å². The van der Waals surface area contributed by atoms with Gasteiger partial charge in [0.25, 0.3) is 0 Å². The van der Waals surface area contributed by atoms with Gasteiger partial charge in [0.05, 0.1) is 24.1 Å². The van der Waals surface area contributed by atoms with Crippen molar-refractivity contribution in [3.05, 3.63) is 54.1 Å². The fraction of sp³-hybridized carbons (Fsp3) is 0.474. The summed E-state index contributed by atoms with van der Waals surface area (Å²) in [7, 11) is 0. The molecule has 2 aliphatic rings. The second kappa shape index (κ2) is 6.49. The third-order valence-corrected chi connectivity index (χ3v) is 4.74. The van der Waals surface area contributed by atoms with Crippen molar-refractivity contribution in [1.82, 2.24) is 14.9 Å². The van der Waals surface area contributed by atoms with E-state index in [1.807, 2.05) is 25.1 Å². The summed E-state index contributed by atoms with van der Waals surface area (Å²) in [4.78, 5) is 11.1. The molecule has 0 unspecified atom stereocenters. The molecule has 126 valence electrons. The molecule has 24 heavy (non-hydrogen) atoms. The topological polar surface area (TPSA) is 47.5 Å². The fourth-order valence-electron chi connectivity index (χ4n) is 3.71. The number of pyridine rings is 2. The zero-order valence-electron chi connectivity index (χ0n) is 14.0. The highest BCUT2D eigenvalue weighted by atomic mass is 16.5. The normalized spacial score (nSPS) is 23.0. The Bertz CT molecular complexity index is 686. The third-order valence-electron chi connectivity index (χ3n) is 4.74. The van der Waals surface area contributed by atoms with Crippen molar-refractivity contribution in [2.75, 3.05) is 19.7 Å².